The van der Waals surface area contributed by atoms with Crippen LogP contribution in [0.4, 0.5) is 0 Å². The molecule has 0 saturated heterocycles. The van der Waals surface area contributed by atoms with Crippen molar-refractivity contribution in [3.8, 4) is 0 Å². The molecule has 0 nitrogen and oxygen atoms in total. The van der Waals surface area contributed by atoms with E-state index in [4.69, 9.17) is 17.0 Å². The maximum atomic E-state index is 5.62. The Bertz CT molecular complexity index is 725. The van der Waals surface area contributed by atoms with Crippen molar-refractivity contribution in [2.24, 2.45) is 0 Å². The minimum Gasteiger partial charge on any atom is -0.207 e. The molecule has 0 aromatic heterocycles. The van der Waals surface area contributed by atoms with Crippen LogP contribution in [0.3, 0.4) is 0 Å². The molecule has 0 radical (unpaired) electrons. The standard InChI is InChI=1S/2C11H15.C2H6Si.2ClH.Zr/c2*1-8-6-10-5-3-4-9(2)11(10)7-8;1-3-2;;;/h2*6-7,9H,3-5H2,1-2H3;1-2H3;2*1H;/q2*-1;;;;+2/p-2. The predicted molar refractivity (Wildman–Crippen MR) is 125 cm³/mol. The van der Waals surface area contributed by atoms with Crippen LogP contribution in [0.5, 0.6) is 0 Å². The van der Waals surface area contributed by atoms with Crippen molar-refractivity contribution >= 4 is 22.5 Å². The van der Waals surface area contributed by atoms with Gasteiger partial charge in [0.15, 0.2) is 0 Å². The second-order valence-electron chi connectivity index (χ2n) is 8.87. The third-order valence-electron chi connectivity index (χ3n) is 5.92. The zero-order chi connectivity index (χ0) is 20.8. The maximum absolute atomic E-state index is 5.62. The number of hydrogen-bond donors (Lipinski definition) is 0. The van der Waals surface area contributed by atoms with Crippen LogP contribution in [-0.2, 0) is 30.8 Å². The van der Waals surface area contributed by atoms with Gasteiger partial charge in [-0.25, -0.2) is 12.1 Å². The van der Waals surface area contributed by atoms with Gasteiger partial charge >= 0.3 is 53.5 Å². The van der Waals surface area contributed by atoms with E-state index < -0.39 is 18.0 Å². The average Bonchev–Trinajstić information content (AvgIpc) is 3.19. The van der Waals surface area contributed by atoms with Crippen molar-refractivity contribution in [1.29, 1.82) is 0 Å². The Morgan fingerprint density at radius 2 is 1.21 bits per heavy atom. The number of hydrogen-bond acceptors (Lipinski definition) is 0. The van der Waals surface area contributed by atoms with E-state index in [-0.39, 0.29) is 5.43 Å². The fourth-order valence-corrected chi connectivity index (χ4v) is 4.33. The molecule has 28 heavy (non-hydrogen) atoms. The minimum atomic E-state index is -1.65. The first-order chi connectivity index (χ1) is 13.2. The van der Waals surface area contributed by atoms with Crippen LogP contribution in [0.25, 0.3) is 0 Å². The molecule has 0 saturated carbocycles. The summed E-state index contributed by atoms with van der Waals surface area (Å²) in [6, 6.07) is 9.42. The Hall–Kier alpha value is 0.380. The summed E-state index contributed by atoms with van der Waals surface area (Å²) in [5.41, 5.74) is 9.13. The van der Waals surface area contributed by atoms with Gasteiger partial charge in [-0.1, -0.05) is 78.1 Å². The first kappa shape index (κ1) is 24.6. The second kappa shape index (κ2) is 11.7. The predicted octanol–water partition coefficient (Wildman–Crippen LogP) is 8.47. The van der Waals surface area contributed by atoms with Crippen LogP contribution in [0.15, 0.2) is 24.3 Å². The summed E-state index contributed by atoms with van der Waals surface area (Å²) in [5.74, 6) is 1.62. The molecule has 2 aliphatic carbocycles. The summed E-state index contributed by atoms with van der Waals surface area (Å²) in [7, 11) is 11.2. The van der Waals surface area contributed by atoms with Crippen LogP contribution in [0.2, 0.25) is 13.1 Å². The smallest absolute Gasteiger partial charge is 0.0512 e. The molecular weight excluding hydrogens is 478 g/mol. The van der Waals surface area contributed by atoms with Gasteiger partial charge in [0.25, 0.3) is 0 Å². The Balaban J connectivity index is 0.000000158. The van der Waals surface area contributed by atoms with Crippen molar-refractivity contribution in [3.63, 3.8) is 0 Å². The van der Waals surface area contributed by atoms with Crippen LogP contribution in [0.1, 0.15) is 84.7 Å². The molecule has 4 rings (SSSR count). The fourth-order valence-electron chi connectivity index (χ4n) is 4.33. The van der Waals surface area contributed by atoms with Gasteiger partial charge in [0, 0.05) is 0 Å². The number of fused-ring (bicyclic) bond motifs is 2. The van der Waals surface area contributed by atoms with Gasteiger partial charge in [-0.3, -0.25) is 0 Å². The number of rotatable bonds is 0. The molecule has 2 aromatic carbocycles. The summed E-state index contributed by atoms with van der Waals surface area (Å²) in [4.78, 5) is 0. The molecule has 2 atom stereocenters. The normalized spacial score (nSPS) is 20.0. The zero-order valence-electron chi connectivity index (χ0n) is 18.5. The molecule has 0 spiro atoms. The van der Waals surface area contributed by atoms with Crippen LogP contribution in [-0.4, -0.2) is 5.43 Å². The van der Waals surface area contributed by atoms with Crippen LogP contribution < -0.4 is 0 Å². The van der Waals surface area contributed by atoms with E-state index in [2.05, 4.69) is 65.1 Å². The van der Waals surface area contributed by atoms with Crippen molar-refractivity contribution in [3.05, 3.63) is 57.6 Å². The van der Waals surface area contributed by atoms with Gasteiger partial charge in [0.1, 0.15) is 0 Å². The minimum absolute atomic E-state index is 0.224. The van der Waals surface area contributed by atoms with Gasteiger partial charge in [-0.05, 0) is 0 Å². The zero-order valence-corrected chi connectivity index (χ0v) is 23.4. The quantitative estimate of drug-likeness (QED) is 0.244. The Morgan fingerprint density at radius 3 is 1.50 bits per heavy atom. The summed E-state index contributed by atoms with van der Waals surface area (Å²) in [5, 5.41) is 0. The molecule has 0 fully saturated rings. The maximum Gasteiger partial charge on any atom is -0.0512 e. The molecule has 156 valence electrons. The molecule has 4 heteroatoms. The van der Waals surface area contributed by atoms with Gasteiger partial charge in [-0.15, -0.1) is 0 Å². The largest absolute Gasteiger partial charge is 0.207 e. The summed E-state index contributed by atoms with van der Waals surface area (Å²) < 4.78 is 0. The molecule has 2 aliphatic rings. The molecule has 2 unspecified atom stereocenters. The summed E-state index contributed by atoms with van der Waals surface area (Å²) >= 11 is -1.65. The Morgan fingerprint density at radius 1 is 0.857 bits per heavy atom. The van der Waals surface area contributed by atoms with E-state index in [0.29, 0.717) is 0 Å². The first-order valence-corrected chi connectivity index (χ1v) is 23.2. The van der Waals surface area contributed by atoms with Crippen molar-refractivity contribution < 1.29 is 18.0 Å². The average molecular weight is 515 g/mol. The van der Waals surface area contributed by atoms with E-state index in [0.717, 1.165) is 11.8 Å². The Kier molecular flexibility index (Phi) is 10.3. The fraction of sp³-hybridized carbons (Fsp3) is 0.583. The third kappa shape index (κ3) is 7.26. The summed E-state index contributed by atoms with van der Waals surface area (Å²) in [6.07, 6.45) is 8.17. The topological polar surface area (TPSA) is 0 Å². The second-order valence-corrected chi connectivity index (χ2v) is 31.9. The van der Waals surface area contributed by atoms with Crippen LogP contribution in [0, 0.1) is 13.8 Å². The van der Waals surface area contributed by atoms with Gasteiger partial charge in [0.2, 0.25) is 0 Å². The molecule has 0 amide bonds. The molecule has 0 N–H and O–H groups in total. The van der Waals surface area contributed by atoms with E-state index in [1.807, 2.05) is 0 Å². The van der Waals surface area contributed by atoms with Crippen molar-refractivity contribution in [1.82, 2.24) is 0 Å². The third-order valence-corrected chi connectivity index (χ3v) is 25.7. The van der Waals surface area contributed by atoms with Crippen molar-refractivity contribution in [2.45, 2.75) is 91.1 Å². The monoisotopic (exact) mass is 512 g/mol. The van der Waals surface area contributed by atoms with E-state index in [1.54, 1.807) is 22.3 Å². The van der Waals surface area contributed by atoms with Gasteiger partial charge in [-0.2, -0.15) is 45.5 Å². The molecule has 0 bridgehead atoms. The Labute approximate surface area is 188 Å². The van der Waals surface area contributed by atoms with Crippen LogP contribution >= 0.6 is 17.0 Å². The SMILES string of the molecule is C[Si](C)=[Zr]([Cl])[Cl].Cc1cc2c([cH-]1)CCCC2C.Cc1cc2c([cH-]1)CCCC2C. The molecule has 0 aliphatic heterocycles. The first-order valence-electron chi connectivity index (χ1n) is 10.7. The van der Waals surface area contributed by atoms with Crippen molar-refractivity contribution in [2.75, 3.05) is 0 Å². The number of aryl methyl sites for hydroxylation is 4. The summed E-state index contributed by atoms with van der Waals surface area (Å²) in [6.45, 7) is 13.4. The molecular formula is C24H36Cl2SiZr-2. The van der Waals surface area contributed by atoms with Gasteiger partial charge in [0.05, 0.1) is 0 Å². The molecule has 0 heterocycles. The van der Waals surface area contributed by atoms with Gasteiger partial charge < -0.3 is 0 Å². The van der Waals surface area contributed by atoms with E-state index >= 15 is 0 Å². The van der Waals surface area contributed by atoms with E-state index in [9.17, 15) is 0 Å². The molecule has 2 aromatic rings. The van der Waals surface area contributed by atoms with E-state index in [1.165, 1.54) is 49.7 Å². The number of halogens is 2.